The maximum atomic E-state index is 12.6. The van der Waals surface area contributed by atoms with Crippen LogP contribution < -0.4 is 10.1 Å². The molecule has 0 aromatic heterocycles. The lowest BCUT2D eigenvalue weighted by Gasteiger charge is -2.45. The third-order valence-corrected chi connectivity index (χ3v) is 5.00. The Bertz CT molecular complexity index is 809. The minimum absolute atomic E-state index is 0.0574. The number of Topliss-reactive ketones (excluding diaryl/α,β-unsaturated/α-hetero) is 1. The number of aliphatic hydroxyl groups is 1. The monoisotopic (exact) mass is 461 g/mol. The average molecular weight is 461 g/mol. The maximum absolute atomic E-state index is 12.6. The molecule has 1 fully saturated rings. The number of amides is 1. The number of benzene rings is 1. The summed E-state index contributed by atoms with van der Waals surface area (Å²) in [6.45, 7) is 7.52. The van der Waals surface area contributed by atoms with Crippen LogP contribution >= 0.6 is 0 Å². The van der Waals surface area contributed by atoms with Gasteiger partial charge in [-0.25, -0.2) is 0 Å². The van der Waals surface area contributed by atoms with E-state index in [1.807, 2.05) is 13.8 Å². The first-order chi connectivity index (χ1) is 14.7. The molecule has 7 nitrogen and oxygen atoms in total. The zero-order chi connectivity index (χ0) is 24.2. The van der Waals surface area contributed by atoms with E-state index >= 15 is 0 Å². The van der Waals surface area contributed by atoms with Crippen molar-refractivity contribution in [3.63, 3.8) is 0 Å². The van der Waals surface area contributed by atoms with Gasteiger partial charge in [0.2, 0.25) is 5.91 Å². The summed E-state index contributed by atoms with van der Waals surface area (Å²) in [7, 11) is 0. The molecule has 2 atom stereocenters. The van der Waals surface area contributed by atoms with Crippen molar-refractivity contribution in [2.75, 3.05) is 6.61 Å². The minimum atomic E-state index is -4.81. The normalized spacial score (nSPS) is 20.9. The fourth-order valence-corrected chi connectivity index (χ4v) is 3.31. The molecule has 0 aliphatic carbocycles. The molecule has 1 aromatic rings. The molecular weight excluding hydrogens is 431 g/mol. The highest BCUT2D eigenvalue weighted by atomic mass is 19.4. The van der Waals surface area contributed by atoms with Crippen molar-refractivity contribution < 1.29 is 42.1 Å². The van der Waals surface area contributed by atoms with Crippen molar-refractivity contribution in [2.24, 2.45) is 5.41 Å². The zero-order valence-corrected chi connectivity index (χ0v) is 18.6. The smallest absolute Gasteiger partial charge is 0.406 e. The van der Waals surface area contributed by atoms with Gasteiger partial charge >= 0.3 is 6.36 Å². The van der Waals surface area contributed by atoms with Gasteiger partial charge in [-0.3, -0.25) is 9.59 Å². The second-order valence-corrected chi connectivity index (χ2v) is 8.96. The van der Waals surface area contributed by atoms with Crippen LogP contribution in [0, 0.1) is 5.41 Å². The Labute approximate surface area is 185 Å². The molecule has 0 spiro atoms. The van der Waals surface area contributed by atoms with Crippen LogP contribution in [0.15, 0.2) is 24.3 Å². The zero-order valence-electron chi connectivity index (χ0n) is 18.6. The Morgan fingerprint density at radius 2 is 1.97 bits per heavy atom. The molecule has 1 amide bonds. The van der Waals surface area contributed by atoms with Gasteiger partial charge in [0.25, 0.3) is 0 Å². The topological polar surface area (TPSA) is 94.1 Å². The van der Waals surface area contributed by atoms with Crippen LogP contribution in [0.25, 0.3) is 0 Å². The van der Waals surface area contributed by atoms with Crippen LogP contribution in [0.1, 0.15) is 52.5 Å². The van der Waals surface area contributed by atoms with Crippen LogP contribution in [0.5, 0.6) is 5.75 Å². The summed E-state index contributed by atoms with van der Waals surface area (Å²) in [6, 6.07) is 5.18. The van der Waals surface area contributed by atoms with Crippen LogP contribution in [-0.2, 0) is 25.6 Å². The largest absolute Gasteiger partial charge is 0.573 e. The van der Waals surface area contributed by atoms with Gasteiger partial charge in [0, 0.05) is 18.4 Å². The molecule has 2 rings (SSSR count). The molecule has 0 radical (unpaired) electrons. The lowest BCUT2D eigenvalue weighted by atomic mass is 9.82. The maximum Gasteiger partial charge on any atom is 0.573 e. The number of carbonyl (C=O) groups excluding carboxylic acids is 2. The third-order valence-electron chi connectivity index (χ3n) is 5.00. The van der Waals surface area contributed by atoms with Crippen molar-refractivity contribution in [2.45, 2.75) is 77.9 Å². The number of carbonyl (C=O) groups is 2. The van der Waals surface area contributed by atoms with E-state index in [9.17, 15) is 27.9 Å². The lowest BCUT2D eigenvalue weighted by Crippen LogP contribution is -2.53. The van der Waals surface area contributed by atoms with Crippen molar-refractivity contribution in [3.05, 3.63) is 29.8 Å². The molecule has 1 aromatic carbocycles. The quantitative estimate of drug-likeness (QED) is 0.585. The van der Waals surface area contributed by atoms with E-state index in [2.05, 4.69) is 10.1 Å². The average Bonchev–Trinajstić information content (AvgIpc) is 2.67. The predicted octanol–water partition coefficient (Wildman–Crippen LogP) is 3.48. The van der Waals surface area contributed by atoms with Gasteiger partial charge in [-0.2, -0.15) is 0 Å². The summed E-state index contributed by atoms with van der Waals surface area (Å²) in [5, 5.41) is 12.5. The Hall–Kier alpha value is -2.17. The summed E-state index contributed by atoms with van der Waals surface area (Å²) in [6.07, 6.45) is -6.34. The van der Waals surface area contributed by atoms with Gasteiger partial charge in [-0.05, 0) is 44.4 Å². The summed E-state index contributed by atoms with van der Waals surface area (Å²) in [5.74, 6) is -2.06. The molecule has 10 heteroatoms. The second kappa shape index (κ2) is 10.2. The number of nitrogens with one attached hydrogen (secondary N) is 1. The molecular formula is C22H30F3NO6. The number of hydrogen-bond acceptors (Lipinski definition) is 6. The summed E-state index contributed by atoms with van der Waals surface area (Å²) in [4.78, 5) is 24.7. The Morgan fingerprint density at radius 3 is 2.62 bits per heavy atom. The standard InChI is InChI=1S/C22H30F3NO6/c1-20(2)13-30-21(3,4)32-18(20)16(27)9-6-10-17(28)19(29)26-12-14-7-5-8-15(11-14)31-22(23,24)25/h5,7-8,11,17-18,28H,6,9-10,12-13H2,1-4H3,(H,26,29)/t17?,18-/m0/s1. The predicted molar refractivity (Wildman–Crippen MR) is 109 cm³/mol. The van der Waals surface area contributed by atoms with E-state index in [-0.39, 0.29) is 31.6 Å². The van der Waals surface area contributed by atoms with Crippen molar-refractivity contribution in [1.82, 2.24) is 5.32 Å². The van der Waals surface area contributed by atoms with Gasteiger partial charge in [-0.1, -0.05) is 26.0 Å². The van der Waals surface area contributed by atoms with Gasteiger partial charge in [0.05, 0.1) is 6.61 Å². The van der Waals surface area contributed by atoms with Crippen molar-refractivity contribution >= 4 is 11.7 Å². The van der Waals surface area contributed by atoms with E-state index < -0.39 is 41.4 Å². The lowest BCUT2D eigenvalue weighted by molar-refractivity contribution is -0.303. The van der Waals surface area contributed by atoms with Crippen LogP contribution in [0.3, 0.4) is 0 Å². The fourth-order valence-electron chi connectivity index (χ4n) is 3.31. The van der Waals surface area contributed by atoms with Crippen molar-refractivity contribution in [1.29, 1.82) is 0 Å². The first-order valence-corrected chi connectivity index (χ1v) is 10.3. The molecule has 0 saturated carbocycles. The summed E-state index contributed by atoms with van der Waals surface area (Å²) >= 11 is 0. The van der Waals surface area contributed by atoms with E-state index in [1.54, 1.807) is 13.8 Å². The Balaban J connectivity index is 1.78. The molecule has 1 aliphatic heterocycles. The van der Waals surface area contributed by atoms with Crippen molar-refractivity contribution in [3.8, 4) is 5.75 Å². The Kier molecular flexibility index (Phi) is 8.30. The number of aliphatic hydroxyl groups excluding tert-OH is 1. The summed E-state index contributed by atoms with van der Waals surface area (Å²) in [5.41, 5.74) is -0.114. The first kappa shape index (κ1) is 26.1. The number of ether oxygens (including phenoxy) is 3. The van der Waals surface area contributed by atoms with E-state index in [1.165, 1.54) is 12.1 Å². The molecule has 1 aliphatic rings. The fraction of sp³-hybridized carbons (Fsp3) is 0.636. The van der Waals surface area contributed by atoms with E-state index in [0.717, 1.165) is 12.1 Å². The van der Waals surface area contributed by atoms with Crippen LogP contribution in [0.2, 0.25) is 0 Å². The van der Waals surface area contributed by atoms with Crippen LogP contribution in [-0.4, -0.2) is 47.8 Å². The van der Waals surface area contributed by atoms with Gasteiger partial charge in [0.15, 0.2) is 11.6 Å². The highest BCUT2D eigenvalue weighted by molar-refractivity contribution is 5.84. The molecule has 1 unspecified atom stereocenters. The number of hydrogen-bond donors (Lipinski definition) is 2. The number of rotatable bonds is 9. The SMILES string of the molecule is CC1(C)OCC(C)(C)[C@H](C(=O)CCCC(O)C(=O)NCc2cccc(OC(F)(F)F)c2)O1. The molecule has 1 heterocycles. The van der Waals surface area contributed by atoms with E-state index in [4.69, 9.17) is 9.47 Å². The van der Waals surface area contributed by atoms with Gasteiger partial charge < -0.3 is 24.6 Å². The second-order valence-electron chi connectivity index (χ2n) is 8.96. The summed E-state index contributed by atoms with van der Waals surface area (Å²) < 4.78 is 52.1. The number of halogens is 3. The minimum Gasteiger partial charge on any atom is -0.406 e. The molecule has 1 saturated heterocycles. The third kappa shape index (κ3) is 8.07. The highest BCUT2D eigenvalue weighted by Gasteiger charge is 2.45. The van der Waals surface area contributed by atoms with E-state index in [0.29, 0.717) is 12.2 Å². The molecule has 180 valence electrons. The molecule has 32 heavy (non-hydrogen) atoms. The number of ketones is 1. The first-order valence-electron chi connectivity index (χ1n) is 10.3. The van der Waals surface area contributed by atoms with Gasteiger partial charge in [0.1, 0.15) is 18.0 Å². The van der Waals surface area contributed by atoms with Gasteiger partial charge in [-0.15, -0.1) is 13.2 Å². The molecule has 2 N–H and O–H groups in total. The van der Waals surface area contributed by atoms with Crippen LogP contribution in [0.4, 0.5) is 13.2 Å². The number of alkyl halides is 3. The molecule has 0 bridgehead atoms. The highest BCUT2D eigenvalue weighted by Crippen LogP contribution is 2.36. The Morgan fingerprint density at radius 1 is 1.28 bits per heavy atom.